The number of amides is 1. The summed E-state index contributed by atoms with van der Waals surface area (Å²) in [5.74, 6) is 0.512. The summed E-state index contributed by atoms with van der Waals surface area (Å²) in [5.41, 5.74) is 2.09. The van der Waals surface area contributed by atoms with E-state index >= 15 is 0 Å². The molecule has 0 bridgehead atoms. The van der Waals surface area contributed by atoms with Gasteiger partial charge in [0.15, 0.2) is 0 Å². The predicted octanol–water partition coefficient (Wildman–Crippen LogP) is 7.68. The van der Waals surface area contributed by atoms with Gasteiger partial charge in [-0.1, -0.05) is 50.2 Å². The van der Waals surface area contributed by atoms with E-state index in [0.29, 0.717) is 29.2 Å². The number of thiophene rings is 1. The molecular formula is C33H31NO5S. The summed E-state index contributed by atoms with van der Waals surface area (Å²) in [6, 6.07) is 25.1. The monoisotopic (exact) mass is 553 g/mol. The van der Waals surface area contributed by atoms with Crippen LogP contribution in [0.3, 0.4) is 0 Å². The molecule has 1 aliphatic rings. The molecule has 1 fully saturated rings. The highest BCUT2D eigenvalue weighted by molar-refractivity contribution is 7.09. The van der Waals surface area contributed by atoms with Gasteiger partial charge in [0.1, 0.15) is 23.0 Å². The molecule has 1 atom stereocenters. The first-order chi connectivity index (χ1) is 19.4. The maximum Gasteiger partial charge on any atom is 0.295 e. The van der Waals surface area contributed by atoms with Crippen LogP contribution in [0, 0.1) is 0 Å². The molecule has 1 aromatic heterocycles. The van der Waals surface area contributed by atoms with Gasteiger partial charge in [-0.15, -0.1) is 11.3 Å². The Morgan fingerprint density at radius 2 is 1.73 bits per heavy atom. The van der Waals surface area contributed by atoms with Crippen molar-refractivity contribution in [3.63, 3.8) is 0 Å². The average Bonchev–Trinajstić information content (AvgIpc) is 3.56. The molecular weight excluding hydrogens is 522 g/mol. The molecule has 6 nitrogen and oxygen atoms in total. The van der Waals surface area contributed by atoms with E-state index in [2.05, 4.69) is 0 Å². The quantitative estimate of drug-likeness (QED) is 0.131. The molecule has 5 rings (SSSR count). The largest absolute Gasteiger partial charge is 0.507 e. The molecule has 40 heavy (non-hydrogen) atoms. The normalized spacial score (nSPS) is 16.5. The summed E-state index contributed by atoms with van der Waals surface area (Å²) in [6.07, 6.45) is 0. The van der Waals surface area contributed by atoms with Crippen LogP contribution in [0.4, 0.5) is 0 Å². The second-order valence-electron chi connectivity index (χ2n) is 9.83. The summed E-state index contributed by atoms with van der Waals surface area (Å²) in [7, 11) is 0. The van der Waals surface area contributed by atoms with Crippen molar-refractivity contribution in [2.75, 3.05) is 6.61 Å². The van der Waals surface area contributed by atoms with Crippen molar-refractivity contribution in [3.05, 3.63) is 117 Å². The fourth-order valence-electron chi connectivity index (χ4n) is 4.92. The summed E-state index contributed by atoms with van der Waals surface area (Å²) < 4.78 is 11.8. The van der Waals surface area contributed by atoms with Gasteiger partial charge in [-0.25, -0.2) is 0 Å². The molecule has 2 heterocycles. The molecule has 7 heteroatoms. The Morgan fingerprint density at radius 3 is 2.42 bits per heavy atom. The smallest absolute Gasteiger partial charge is 0.295 e. The summed E-state index contributed by atoms with van der Waals surface area (Å²) in [4.78, 5) is 29.4. The number of hydrogen-bond acceptors (Lipinski definition) is 6. The Balaban J connectivity index is 1.62. The molecule has 0 saturated carbocycles. The van der Waals surface area contributed by atoms with Crippen LogP contribution < -0.4 is 9.47 Å². The predicted molar refractivity (Wildman–Crippen MR) is 157 cm³/mol. The zero-order chi connectivity index (χ0) is 28.2. The molecule has 1 aliphatic heterocycles. The summed E-state index contributed by atoms with van der Waals surface area (Å²) in [6.45, 7) is 6.76. The molecule has 1 unspecified atom stereocenters. The number of likely N-dealkylation sites (tertiary alicyclic amines) is 1. The first-order valence-electron chi connectivity index (χ1n) is 13.3. The van der Waals surface area contributed by atoms with Gasteiger partial charge >= 0.3 is 0 Å². The zero-order valence-corrected chi connectivity index (χ0v) is 23.5. The lowest BCUT2D eigenvalue weighted by molar-refractivity contribution is -0.140. The van der Waals surface area contributed by atoms with Gasteiger partial charge in [0.05, 0.1) is 24.8 Å². The lowest BCUT2D eigenvalue weighted by Crippen LogP contribution is -2.28. The van der Waals surface area contributed by atoms with Crippen molar-refractivity contribution in [1.29, 1.82) is 0 Å². The molecule has 1 saturated heterocycles. The second-order valence-corrected chi connectivity index (χ2v) is 10.9. The molecule has 1 N–H and O–H groups in total. The lowest BCUT2D eigenvalue weighted by Gasteiger charge is -2.25. The Bertz CT molecular complexity index is 1540. The number of rotatable bonds is 9. The van der Waals surface area contributed by atoms with Gasteiger partial charge in [-0.3, -0.25) is 9.59 Å². The van der Waals surface area contributed by atoms with Crippen molar-refractivity contribution in [3.8, 4) is 17.2 Å². The fraction of sp³-hybridized carbons (Fsp3) is 0.212. The highest BCUT2D eigenvalue weighted by Crippen LogP contribution is 2.42. The third-order valence-corrected chi connectivity index (χ3v) is 7.67. The van der Waals surface area contributed by atoms with Gasteiger partial charge in [0.25, 0.3) is 11.7 Å². The molecule has 0 aliphatic carbocycles. The average molecular weight is 554 g/mol. The molecule has 204 valence electrons. The number of Topliss-reactive ketones (excluding diaryl/α,β-unsaturated/α-hetero) is 1. The Hall–Kier alpha value is -4.36. The second kappa shape index (κ2) is 11.8. The summed E-state index contributed by atoms with van der Waals surface area (Å²) in [5, 5.41) is 13.6. The fourth-order valence-corrected chi connectivity index (χ4v) is 5.62. The van der Waals surface area contributed by atoms with E-state index in [0.717, 1.165) is 16.2 Å². The van der Waals surface area contributed by atoms with Crippen LogP contribution in [0.1, 0.15) is 54.3 Å². The Labute approximate surface area is 238 Å². The van der Waals surface area contributed by atoms with E-state index in [1.54, 1.807) is 12.1 Å². The number of aliphatic hydroxyl groups excluding tert-OH is 1. The first-order valence-corrected chi connectivity index (χ1v) is 14.2. The van der Waals surface area contributed by atoms with Crippen molar-refractivity contribution < 1.29 is 24.2 Å². The number of benzene rings is 3. The Morgan fingerprint density at radius 1 is 0.950 bits per heavy atom. The number of para-hydroxylation sites is 1. The van der Waals surface area contributed by atoms with E-state index in [4.69, 9.17) is 9.47 Å². The van der Waals surface area contributed by atoms with Crippen molar-refractivity contribution in [2.24, 2.45) is 0 Å². The minimum atomic E-state index is -0.796. The number of carbonyl (C=O) groups excluding carboxylic acids is 2. The first kappa shape index (κ1) is 27.2. The molecule has 3 aromatic carbocycles. The van der Waals surface area contributed by atoms with E-state index in [-0.39, 0.29) is 23.8 Å². The number of hydrogen-bond donors (Lipinski definition) is 1. The maximum atomic E-state index is 13.5. The highest BCUT2D eigenvalue weighted by atomic mass is 32.1. The topological polar surface area (TPSA) is 76.1 Å². The van der Waals surface area contributed by atoms with Crippen molar-refractivity contribution in [1.82, 2.24) is 4.90 Å². The van der Waals surface area contributed by atoms with Crippen LogP contribution in [0.2, 0.25) is 0 Å². The van der Waals surface area contributed by atoms with Crippen LogP contribution in [0.5, 0.6) is 17.2 Å². The number of nitrogens with zero attached hydrogens (tertiary/aromatic N) is 1. The van der Waals surface area contributed by atoms with Gasteiger partial charge in [-0.2, -0.15) is 0 Å². The van der Waals surface area contributed by atoms with Gasteiger partial charge in [-0.05, 0) is 77.9 Å². The molecule has 0 spiro atoms. The maximum absolute atomic E-state index is 13.5. The van der Waals surface area contributed by atoms with Gasteiger partial charge < -0.3 is 19.5 Å². The molecule has 0 radical (unpaired) electrons. The zero-order valence-electron chi connectivity index (χ0n) is 22.7. The standard InChI is InChI=1S/C33H31NO5S/c1-4-38-28-16-15-23(19-27(28)21(2)3)31(35)29-30(34(33(37)32(29)36)20-26-14-9-17-40-26)22-10-8-13-25(18-22)39-24-11-6-5-7-12-24/h5-19,21,30,35H,4,20H2,1-3H3/b31-29+. The number of carbonyl (C=O) groups is 2. The minimum Gasteiger partial charge on any atom is -0.507 e. The van der Waals surface area contributed by atoms with Crippen molar-refractivity contribution >= 4 is 28.8 Å². The van der Waals surface area contributed by atoms with Crippen LogP contribution in [-0.2, 0) is 16.1 Å². The highest BCUT2D eigenvalue weighted by Gasteiger charge is 2.46. The Kier molecular flexibility index (Phi) is 8.03. The van der Waals surface area contributed by atoms with Gasteiger partial charge in [0.2, 0.25) is 0 Å². The number of ketones is 1. The summed E-state index contributed by atoms with van der Waals surface area (Å²) >= 11 is 1.51. The number of aliphatic hydroxyl groups is 1. The van der Waals surface area contributed by atoms with E-state index in [9.17, 15) is 14.7 Å². The van der Waals surface area contributed by atoms with E-state index < -0.39 is 17.7 Å². The third-order valence-electron chi connectivity index (χ3n) is 6.80. The van der Waals surface area contributed by atoms with Crippen LogP contribution >= 0.6 is 11.3 Å². The van der Waals surface area contributed by atoms with Crippen molar-refractivity contribution in [2.45, 2.75) is 39.3 Å². The third kappa shape index (κ3) is 5.51. The lowest BCUT2D eigenvalue weighted by atomic mass is 9.93. The van der Waals surface area contributed by atoms with E-state index in [1.165, 1.54) is 16.2 Å². The van der Waals surface area contributed by atoms with Gasteiger partial charge in [0, 0.05) is 10.4 Å². The SMILES string of the molecule is CCOc1ccc(/C(O)=C2\C(=O)C(=O)N(Cc3cccs3)C2c2cccc(Oc3ccccc3)c2)cc1C(C)C. The van der Waals surface area contributed by atoms with Crippen LogP contribution in [0.15, 0.2) is 95.9 Å². The molecule has 4 aromatic rings. The van der Waals surface area contributed by atoms with E-state index in [1.807, 2.05) is 98.9 Å². The van der Waals surface area contributed by atoms with Crippen LogP contribution in [-0.4, -0.2) is 28.3 Å². The molecule has 1 amide bonds. The number of ether oxygens (including phenoxy) is 2. The van der Waals surface area contributed by atoms with Crippen LogP contribution in [0.25, 0.3) is 5.76 Å². The minimum absolute atomic E-state index is 0.0530.